The number of aromatic nitrogens is 1. The molecule has 0 unspecified atom stereocenters. The van der Waals surface area contributed by atoms with Gasteiger partial charge in [0.1, 0.15) is 0 Å². The molecule has 0 saturated heterocycles. The van der Waals surface area contributed by atoms with Crippen LogP contribution >= 0.6 is 0 Å². The fraction of sp³-hybridized carbons (Fsp3) is 0.231. The van der Waals surface area contributed by atoms with E-state index in [4.69, 9.17) is 5.73 Å². The topological polar surface area (TPSA) is 75.9 Å². The molecule has 1 heterocycles. The molecular formula is C13H14N2O2. The molecule has 1 atom stereocenters. The summed E-state index contributed by atoms with van der Waals surface area (Å²) in [5.74, 6) is -1.01. The maximum absolute atomic E-state index is 11.4. The average Bonchev–Trinajstić information content (AvgIpc) is 2.71. The van der Waals surface area contributed by atoms with Crippen molar-refractivity contribution >= 4 is 22.5 Å². The molecule has 0 fully saturated rings. The number of hydrogen-bond acceptors (Lipinski definition) is 3. The van der Waals surface area contributed by atoms with Gasteiger partial charge in [0.25, 0.3) is 0 Å². The molecule has 0 amide bonds. The summed E-state index contributed by atoms with van der Waals surface area (Å²) >= 11 is 0. The molecule has 0 saturated carbocycles. The van der Waals surface area contributed by atoms with Crippen LogP contribution in [0.4, 0.5) is 0 Å². The third kappa shape index (κ3) is 2.26. The largest absolute Gasteiger partial charge is 0.361 e. The van der Waals surface area contributed by atoms with Crippen LogP contribution in [-0.2, 0) is 16.0 Å². The summed E-state index contributed by atoms with van der Waals surface area (Å²) in [6.07, 6.45) is 2.21. The van der Waals surface area contributed by atoms with E-state index >= 15 is 0 Å². The van der Waals surface area contributed by atoms with Crippen LogP contribution in [0.25, 0.3) is 10.9 Å². The number of fused-ring (bicyclic) bond motifs is 1. The van der Waals surface area contributed by atoms with Crippen LogP contribution in [0.1, 0.15) is 12.5 Å². The van der Waals surface area contributed by atoms with Crippen molar-refractivity contribution in [2.24, 2.45) is 5.73 Å². The third-order valence-electron chi connectivity index (χ3n) is 2.80. The van der Waals surface area contributed by atoms with Gasteiger partial charge in [0.2, 0.25) is 5.78 Å². The Morgan fingerprint density at radius 3 is 2.76 bits per heavy atom. The van der Waals surface area contributed by atoms with Gasteiger partial charge in [-0.25, -0.2) is 0 Å². The zero-order valence-electron chi connectivity index (χ0n) is 9.57. The van der Waals surface area contributed by atoms with E-state index in [-0.39, 0.29) is 0 Å². The Morgan fingerprint density at radius 1 is 1.35 bits per heavy atom. The monoisotopic (exact) mass is 230 g/mol. The second-order valence-electron chi connectivity index (χ2n) is 4.09. The molecule has 1 aromatic carbocycles. The smallest absolute Gasteiger partial charge is 0.215 e. The quantitative estimate of drug-likeness (QED) is 0.775. The second kappa shape index (κ2) is 4.51. The zero-order chi connectivity index (χ0) is 12.4. The number of ketones is 2. The van der Waals surface area contributed by atoms with Crippen molar-refractivity contribution in [3.63, 3.8) is 0 Å². The second-order valence-corrected chi connectivity index (χ2v) is 4.09. The van der Waals surface area contributed by atoms with Crippen LogP contribution in [0.5, 0.6) is 0 Å². The summed E-state index contributed by atoms with van der Waals surface area (Å²) in [5.41, 5.74) is 7.68. The minimum atomic E-state index is -0.758. The fourth-order valence-corrected chi connectivity index (χ4v) is 1.89. The van der Waals surface area contributed by atoms with Gasteiger partial charge in [0, 0.05) is 24.0 Å². The first-order valence-corrected chi connectivity index (χ1v) is 5.45. The number of aromatic amines is 1. The summed E-state index contributed by atoms with van der Waals surface area (Å²) in [6, 6.07) is 7.02. The molecule has 0 aliphatic rings. The summed E-state index contributed by atoms with van der Waals surface area (Å²) in [6.45, 7) is 1.25. The highest BCUT2D eigenvalue weighted by atomic mass is 16.2. The number of H-pyrrole nitrogens is 1. The summed E-state index contributed by atoms with van der Waals surface area (Å²) < 4.78 is 0. The number of benzene rings is 1. The summed E-state index contributed by atoms with van der Waals surface area (Å²) in [5, 5.41) is 1.04. The number of nitrogens with one attached hydrogen (secondary N) is 1. The van der Waals surface area contributed by atoms with Gasteiger partial charge in [-0.3, -0.25) is 9.59 Å². The number of nitrogens with two attached hydrogens (primary N) is 1. The Bertz CT molecular complexity index is 572. The molecule has 0 radical (unpaired) electrons. The Labute approximate surface area is 98.8 Å². The summed E-state index contributed by atoms with van der Waals surface area (Å²) in [4.78, 5) is 25.5. The predicted octanol–water partition coefficient (Wildman–Crippen LogP) is 1.20. The number of carbonyl (C=O) groups excluding carboxylic acids is 2. The van der Waals surface area contributed by atoms with Crippen molar-refractivity contribution in [2.75, 3.05) is 0 Å². The molecule has 2 rings (SSSR count). The lowest BCUT2D eigenvalue weighted by atomic mass is 10.0. The standard InChI is InChI=1S/C13H14N2O2/c1-8(16)13(17)11(14)6-9-7-15-12-5-3-2-4-10(9)12/h2-5,7,11,15H,6,14H2,1H3/t11-/m0/s1. The van der Waals surface area contributed by atoms with Crippen molar-refractivity contribution in [3.05, 3.63) is 36.0 Å². The van der Waals surface area contributed by atoms with E-state index in [2.05, 4.69) is 4.98 Å². The Morgan fingerprint density at radius 2 is 2.06 bits per heavy atom. The van der Waals surface area contributed by atoms with Gasteiger partial charge in [0.15, 0.2) is 5.78 Å². The predicted molar refractivity (Wildman–Crippen MR) is 65.7 cm³/mol. The number of para-hydroxylation sites is 1. The molecule has 0 spiro atoms. The lowest BCUT2D eigenvalue weighted by molar-refractivity contribution is -0.136. The Hall–Kier alpha value is -1.94. The molecule has 1 aromatic heterocycles. The van der Waals surface area contributed by atoms with Gasteiger partial charge in [-0.1, -0.05) is 18.2 Å². The first-order chi connectivity index (χ1) is 8.09. The van der Waals surface area contributed by atoms with Crippen molar-refractivity contribution in [1.82, 2.24) is 4.98 Å². The maximum atomic E-state index is 11.4. The zero-order valence-corrected chi connectivity index (χ0v) is 9.57. The molecule has 4 heteroatoms. The van der Waals surface area contributed by atoms with E-state index in [1.54, 1.807) is 0 Å². The normalized spacial score (nSPS) is 12.6. The van der Waals surface area contributed by atoms with Gasteiger partial charge >= 0.3 is 0 Å². The number of Topliss-reactive ketones (excluding diaryl/α,β-unsaturated/α-hetero) is 2. The average molecular weight is 230 g/mol. The van der Waals surface area contributed by atoms with Crippen molar-refractivity contribution < 1.29 is 9.59 Å². The van der Waals surface area contributed by atoms with Gasteiger partial charge < -0.3 is 10.7 Å². The minimum absolute atomic E-state index is 0.377. The number of hydrogen-bond donors (Lipinski definition) is 2. The van der Waals surface area contributed by atoms with Crippen molar-refractivity contribution in [3.8, 4) is 0 Å². The Kier molecular flexibility index (Phi) is 3.06. The highest BCUT2D eigenvalue weighted by Gasteiger charge is 2.19. The van der Waals surface area contributed by atoms with E-state index in [0.717, 1.165) is 16.5 Å². The molecule has 4 nitrogen and oxygen atoms in total. The molecule has 88 valence electrons. The van der Waals surface area contributed by atoms with E-state index in [1.165, 1.54) is 6.92 Å². The van der Waals surface area contributed by atoms with Crippen LogP contribution in [0.3, 0.4) is 0 Å². The maximum Gasteiger partial charge on any atom is 0.215 e. The van der Waals surface area contributed by atoms with E-state index < -0.39 is 17.6 Å². The molecule has 0 aliphatic carbocycles. The van der Waals surface area contributed by atoms with Crippen LogP contribution in [-0.4, -0.2) is 22.6 Å². The molecule has 3 N–H and O–H groups in total. The third-order valence-corrected chi connectivity index (χ3v) is 2.80. The van der Waals surface area contributed by atoms with Crippen LogP contribution in [0, 0.1) is 0 Å². The number of carbonyl (C=O) groups is 2. The van der Waals surface area contributed by atoms with Gasteiger partial charge in [-0.15, -0.1) is 0 Å². The SMILES string of the molecule is CC(=O)C(=O)[C@@H](N)Cc1c[nH]c2ccccc12. The molecular weight excluding hydrogens is 216 g/mol. The van der Waals surface area contributed by atoms with Gasteiger partial charge in [-0.2, -0.15) is 0 Å². The first kappa shape index (κ1) is 11.5. The first-order valence-electron chi connectivity index (χ1n) is 5.45. The van der Waals surface area contributed by atoms with E-state index in [0.29, 0.717) is 6.42 Å². The van der Waals surface area contributed by atoms with Crippen LogP contribution in [0.2, 0.25) is 0 Å². The minimum Gasteiger partial charge on any atom is -0.361 e. The van der Waals surface area contributed by atoms with Crippen LogP contribution < -0.4 is 5.73 Å². The highest BCUT2D eigenvalue weighted by molar-refractivity contribution is 6.38. The summed E-state index contributed by atoms with van der Waals surface area (Å²) in [7, 11) is 0. The van der Waals surface area contributed by atoms with Gasteiger partial charge in [-0.05, 0) is 18.1 Å². The van der Waals surface area contributed by atoms with Gasteiger partial charge in [0.05, 0.1) is 6.04 Å². The van der Waals surface area contributed by atoms with E-state index in [1.807, 2.05) is 30.5 Å². The Balaban J connectivity index is 2.24. The van der Waals surface area contributed by atoms with Crippen molar-refractivity contribution in [1.29, 1.82) is 0 Å². The lowest BCUT2D eigenvalue weighted by Crippen LogP contribution is -2.36. The highest BCUT2D eigenvalue weighted by Crippen LogP contribution is 2.18. The molecule has 0 aliphatic heterocycles. The molecule has 2 aromatic rings. The van der Waals surface area contributed by atoms with Crippen LogP contribution in [0.15, 0.2) is 30.5 Å². The number of rotatable bonds is 4. The molecule has 17 heavy (non-hydrogen) atoms. The molecule has 0 bridgehead atoms. The van der Waals surface area contributed by atoms with Crippen molar-refractivity contribution in [2.45, 2.75) is 19.4 Å². The van der Waals surface area contributed by atoms with E-state index in [9.17, 15) is 9.59 Å². The lowest BCUT2D eigenvalue weighted by Gasteiger charge is -2.07. The fourth-order valence-electron chi connectivity index (χ4n) is 1.89.